The van der Waals surface area contributed by atoms with Gasteiger partial charge in [-0.25, -0.2) is 0 Å². The Hall–Kier alpha value is -2.39. The molecule has 0 aliphatic carbocycles. The van der Waals surface area contributed by atoms with Gasteiger partial charge in [0, 0.05) is 6.20 Å². The first-order valence-electron chi connectivity index (χ1n) is 5.14. The molecule has 2 aromatic rings. The van der Waals surface area contributed by atoms with Crippen LogP contribution in [0.15, 0.2) is 24.5 Å². The van der Waals surface area contributed by atoms with E-state index in [2.05, 4.69) is 10.3 Å². The summed E-state index contributed by atoms with van der Waals surface area (Å²) in [5.41, 5.74) is 7.28. The van der Waals surface area contributed by atoms with Crippen molar-refractivity contribution >= 4 is 27.9 Å². The van der Waals surface area contributed by atoms with Crippen LogP contribution < -0.4 is 11.1 Å². The fraction of sp³-hybridized carbons (Fsp3) is 0.0833. The molecule has 0 aliphatic heterocycles. The Labute approximate surface area is 108 Å². The first kappa shape index (κ1) is 12.1. The number of amides is 1. The van der Waals surface area contributed by atoms with Crippen LogP contribution in [0.2, 0.25) is 0 Å². The average molecular weight is 258 g/mol. The van der Waals surface area contributed by atoms with Crippen molar-refractivity contribution in [2.24, 2.45) is 0 Å². The van der Waals surface area contributed by atoms with E-state index in [1.165, 1.54) is 0 Å². The van der Waals surface area contributed by atoms with Crippen LogP contribution in [0, 0.1) is 18.3 Å². The molecular weight excluding hydrogens is 248 g/mol. The number of pyridine rings is 1. The van der Waals surface area contributed by atoms with Crippen LogP contribution in [0.1, 0.15) is 20.8 Å². The summed E-state index contributed by atoms with van der Waals surface area (Å²) < 4.78 is 0. The third-order valence-corrected chi connectivity index (χ3v) is 3.53. The lowest BCUT2D eigenvalue weighted by Crippen LogP contribution is -2.11. The molecular formula is C12H10N4OS. The van der Waals surface area contributed by atoms with Crippen LogP contribution in [0.3, 0.4) is 0 Å². The Morgan fingerprint density at radius 3 is 2.94 bits per heavy atom. The molecule has 0 unspecified atom stereocenters. The highest BCUT2D eigenvalue weighted by molar-refractivity contribution is 7.18. The van der Waals surface area contributed by atoms with E-state index in [9.17, 15) is 4.79 Å². The maximum atomic E-state index is 12.0. The number of hydrogen-bond acceptors (Lipinski definition) is 5. The number of thiophene rings is 1. The number of carbonyl (C=O) groups is 1. The van der Waals surface area contributed by atoms with Gasteiger partial charge in [0.25, 0.3) is 5.91 Å². The normalized spacial score (nSPS) is 9.78. The summed E-state index contributed by atoms with van der Waals surface area (Å²) in [4.78, 5) is 16.4. The second-order valence-corrected chi connectivity index (χ2v) is 4.66. The molecule has 2 aromatic heterocycles. The van der Waals surface area contributed by atoms with Gasteiger partial charge < -0.3 is 11.1 Å². The van der Waals surface area contributed by atoms with Crippen molar-refractivity contribution in [1.82, 2.24) is 4.98 Å². The molecule has 0 bridgehead atoms. The van der Waals surface area contributed by atoms with Gasteiger partial charge in [-0.2, -0.15) is 5.26 Å². The number of nitrogen functional groups attached to an aromatic ring is 1. The molecule has 90 valence electrons. The lowest BCUT2D eigenvalue weighted by Gasteiger charge is -2.03. The molecule has 0 radical (unpaired) electrons. The minimum absolute atomic E-state index is 0.279. The third-order valence-electron chi connectivity index (χ3n) is 2.41. The van der Waals surface area contributed by atoms with Gasteiger partial charge in [0.2, 0.25) is 0 Å². The van der Waals surface area contributed by atoms with Crippen LogP contribution in [0.25, 0.3) is 0 Å². The Balaban J connectivity index is 2.28. The molecule has 0 aromatic carbocycles. The summed E-state index contributed by atoms with van der Waals surface area (Å²) in [5, 5.41) is 12.0. The van der Waals surface area contributed by atoms with E-state index in [0.29, 0.717) is 26.7 Å². The van der Waals surface area contributed by atoms with E-state index in [1.807, 2.05) is 6.07 Å². The minimum atomic E-state index is -0.279. The zero-order chi connectivity index (χ0) is 13.1. The molecule has 18 heavy (non-hydrogen) atoms. The van der Waals surface area contributed by atoms with Gasteiger partial charge in [0.1, 0.15) is 11.1 Å². The number of rotatable bonds is 2. The number of nitrogens with one attached hydrogen (secondary N) is 1. The highest BCUT2D eigenvalue weighted by atomic mass is 32.1. The van der Waals surface area contributed by atoms with Gasteiger partial charge in [0.05, 0.1) is 22.3 Å². The van der Waals surface area contributed by atoms with Crippen LogP contribution in [-0.4, -0.2) is 10.9 Å². The SMILES string of the molecule is Cc1c(C(=O)Nc2cccnc2)sc(N)c1C#N. The predicted octanol–water partition coefficient (Wildman–Crippen LogP) is 2.16. The lowest BCUT2D eigenvalue weighted by molar-refractivity contribution is 0.103. The molecule has 3 N–H and O–H groups in total. The number of carbonyl (C=O) groups excluding carboxylic acids is 1. The second-order valence-electron chi connectivity index (χ2n) is 3.60. The molecule has 2 heterocycles. The van der Waals surface area contributed by atoms with E-state index < -0.39 is 0 Å². The number of aromatic nitrogens is 1. The van der Waals surface area contributed by atoms with E-state index >= 15 is 0 Å². The zero-order valence-corrected chi connectivity index (χ0v) is 10.4. The number of nitrogens with two attached hydrogens (primary N) is 1. The van der Waals surface area contributed by atoms with Crippen LogP contribution in [0.4, 0.5) is 10.7 Å². The number of anilines is 2. The Morgan fingerprint density at radius 1 is 1.61 bits per heavy atom. The smallest absolute Gasteiger partial charge is 0.266 e. The van der Waals surface area contributed by atoms with Gasteiger partial charge in [0.15, 0.2) is 0 Å². The number of nitriles is 1. The van der Waals surface area contributed by atoms with Crippen molar-refractivity contribution in [3.8, 4) is 6.07 Å². The summed E-state index contributed by atoms with van der Waals surface area (Å²) in [5.74, 6) is -0.279. The van der Waals surface area contributed by atoms with Crippen LogP contribution >= 0.6 is 11.3 Å². The van der Waals surface area contributed by atoms with Gasteiger partial charge in [-0.3, -0.25) is 9.78 Å². The monoisotopic (exact) mass is 258 g/mol. The number of nitrogens with zero attached hydrogens (tertiary/aromatic N) is 2. The first-order chi connectivity index (χ1) is 8.63. The molecule has 0 fully saturated rings. The van der Waals surface area contributed by atoms with Gasteiger partial charge in [-0.15, -0.1) is 11.3 Å². The molecule has 1 amide bonds. The summed E-state index contributed by atoms with van der Waals surface area (Å²) in [6, 6.07) is 5.46. The summed E-state index contributed by atoms with van der Waals surface area (Å²) >= 11 is 1.12. The lowest BCUT2D eigenvalue weighted by atomic mass is 10.1. The van der Waals surface area contributed by atoms with Gasteiger partial charge in [-0.1, -0.05) is 0 Å². The first-order valence-corrected chi connectivity index (χ1v) is 5.95. The summed E-state index contributed by atoms with van der Waals surface area (Å²) in [6.07, 6.45) is 3.17. The standard InChI is InChI=1S/C12H10N4OS/c1-7-9(5-13)11(14)18-10(7)12(17)16-8-3-2-4-15-6-8/h2-4,6H,14H2,1H3,(H,16,17). The van der Waals surface area contributed by atoms with Crippen LogP contribution in [0.5, 0.6) is 0 Å². The fourth-order valence-corrected chi connectivity index (χ4v) is 2.44. The Bertz CT molecular complexity index is 628. The summed E-state index contributed by atoms with van der Waals surface area (Å²) in [6.45, 7) is 1.71. The molecule has 0 spiro atoms. The van der Waals surface area contributed by atoms with E-state index in [1.54, 1.807) is 31.5 Å². The minimum Gasteiger partial charge on any atom is -0.389 e. The molecule has 0 saturated carbocycles. The van der Waals surface area contributed by atoms with Gasteiger partial charge >= 0.3 is 0 Å². The molecule has 0 atom stereocenters. The zero-order valence-electron chi connectivity index (χ0n) is 9.60. The highest BCUT2D eigenvalue weighted by Gasteiger charge is 2.18. The third kappa shape index (κ3) is 2.17. The van der Waals surface area contributed by atoms with Crippen molar-refractivity contribution in [1.29, 1.82) is 5.26 Å². The largest absolute Gasteiger partial charge is 0.389 e. The highest BCUT2D eigenvalue weighted by Crippen LogP contribution is 2.30. The maximum Gasteiger partial charge on any atom is 0.266 e. The molecule has 0 aliphatic rings. The Kier molecular flexibility index (Phi) is 3.26. The second kappa shape index (κ2) is 4.85. The van der Waals surface area contributed by atoms with E-state index in [-0.39, 0.29) is 5.91 Å². The van der Waals surface area contributed by atoms with Crippen molar-refractivity contribution in [2.45, 2.75) is 6.92 Å². The Morgan fingerprint density at radius 2 is 2.39 bits per heavy atom. The quantitative estimate of drug-likeness (QED) is 0.863. The molecule has 5 nitrogen and oxygen atoms in total. The summed E-state index contributed by atoms with van der Waals surface area (Å²) in [7, 11) is 0. The van der Waals surface area contributed by atoms with Crippen molar-refractivity contribution in [2.75, 3.05) is 11.1 Å². The fourth-order valence-electron chi connectivity index (χ4n) is 1.52. The van der Waals surface area contributed by atoms with Gasteiger partial charge in [-0.05, 0) is 24.6 Å². The van der Waals surface area contributed by atoms with E-state index in [4.69, 9.17) is 11.0 Å². The molecule has 2 rings (SSSR count). The van der Waals surface area contributed by atoms with Crippen LogP contribution in [-0.2, 0) is 0 Å². The van der Waals surface area contributed by atoms with E-state index in [0.717, 1.165) is 11.3 Å². The van der Waals surface area contributed by atoms with Crippen molar-refractivity contribution < 1.29 is 4.79 Å². The van der Waals surface area contributed by atoms with Crippen molar-refractivity contribution in [3.05, 3.63) is 40.5 Å². The van der Waals surface area contributed by atoms with Crippen molar-refractivity contribution in [3.63, 3.8) is 0 Å². The maximum absolute atomic E-state index is 12.0. The predicted molar refractivity (Wildman–Crippen MR) is 70.4 cm³/mol. The molecule has 6 heteroatoms. The average Bonchev–Trinajstić information content (AvgIpc) is 2.65. The topological polar surface area (TPSA) is 91.8 Å². The molecule has 0 saturated heterocycles. The number of hydrogen-bond donors (Lipinski definition) is 2.